The summed E-state index contributed by atoms with van der Waals surface area (Å²) in [7, 11) is -3.81. The number of nitrogen functional groups attached to an aromatic ring is 1. The van der Waals surface area contributed by atoms with Gasteiger partial charge in [-0.2, -0.15) is 0 Å². The van der Waals surface area contributed by atoms with Crippen molar-refractivity contribution in [1.82, 2.24) is 4.72 Å². The molecular formula is C11H17FN2O3S. The molecule has 0 unspecified atom stereocenters. The van der Waals surface area contributed by atoms with Gasteiger partial charge < -0.3 is 10.8 Å². The first-order valence-corrected chi connectivity index (χ1v) is 6.99. The zero-order valence-electron chi connectivity index (χ0n) is 10.3. The van der Waals surface area contributed by atoms with Crippen LogP contribution in [0.3, 0.4) is 0 Å². The van der Waals surface area contributed by atoms with E-state index in [0.29, 0.717) is 6.42 Å². The number of halogens is 1. The van der Waals surface area contributed by atoms with Crippen LogP contribution in [0.4, 0.5) is 10.1 Å². The molecule has 102 valence electrons. The van der Waals surface area contributed by atoms with E-state index < -0.39 is 21.9 Å². The lowest BCUT2D eigenvalue weighted by Crippen LogP contribution is -2.37. The van der Waals surface area contributed by atoms with Crippen molar-refractivity contribution in [2.45, 2.75) is 31.2 Å². The van der Waals surface area contributed by atoms with Crippen molar-refractivity contribution in [1.29, 1.82) is 0 Å². The van der Waals surface area contributed by atoms with Crippen molar-refractivity contribution in [3.8, 4) is 0 Å². The predicted molar refractivity (Wildman–Crippen MR) is 67.0 cm³/mol. The molecule has 1 rings (SSSR count). The molecule has 5 nitrogen and oxygen atoms in total. The molecular weight excluding hydrogens is 259 g/mol. The quantitative estimate of drug-likeness (QED) is 0.692. The summed E-state index contributed by atoms with van der Waals surface area (Å²) >= 11 is 0. The van der Waals surface area contributed by atoms with Crippen LogP contribution in [0, 0.1) is 12.7 Å². The number of benzene rings is 1. The number of aryl methyl sites for hydroxylation is 1. The highest BCUT2D eigenvalue weighted by Crippen LogP contribution is 2.21. The van der Waals surface area contributed by atoms with Crippen molar-refractivity contribution < 1.29 is 17.9 Å². The molecule has 7 heteroatoms. The minimum atomic E-state index is -3.81. The summed E-state index contributed by atoms with van der Waals surface area (Å²) in [5.74, 6) is -0.652. The van der Waals surface area contributed by atoms with E-state index in [-0.39, 0.29) is 22.8 Å². The fourth-order valence-electron chi connectivity index (χ4n) is 1.49. The highest BCUT2D eigenvalue weighted by Gasteiger charge is 2.21. The van der Waals surface area contributed by atoms with Gasteiger partial charge in [0.15, 0.2) is 0 Å². The van der Waals surface area contributed by atoms with Crippen molar-refractivity contribution in [3.63, 3.8) is 0 Å². The lowest BCUT2D eigenvalue weighted by atomic mass is 10.2. The summed E-state index contributed by atoms with van der Waals surface area (Å²) in [6.07, 6.45) is 0.450. The third-order valence-electron chi connectivity index (χ3n) is 2.62. The molecule has 1 aromatic rings. The van der Waals surface area contributed by atoms with E-state index in [4.69, 9.17) is 10.8 Å². The van der Waals surface area contributed by atoms with Crippen LogP contribution in [0.5, 0.6) is 0 Å². The Kier molecular flexibility index (Phi) is 4.66. The summed E-state index contributed by atoms with van der Waals surface area (Å²) in [4.78, 5) is -0.0756. The second-order valence-corrected chi connectivity index (χ2v) is 5.73. The first-order chi connectivity index (χ1) is 8.31. The molecule has 0 heterocycles. The monoisotopic (exact) mass is 276 g/mol. The molecule has 18 heavy (non-hydrogen) atoms. The Hall–Kier alpha value is -1.18. The Morgan fingerprint density at radius 2 is 2.11 bits per heavy atom. The number of aliphatic hydroxyl groups is 1. The van der Waals surface area contributed by atoms with Crippen LogP contribution in [-0.2, 0) is 10.0 Å². The van der Waals surface area contributed by atoms with E-state index in [2.05, 4.69) is 4.72 Å². The number of aliphatic hydroxyl groups excluding tert-OH is 1. The largest absolute Gasteiger partial charge is 0.396 e. The molecule has 4 N–H and O–H groups in total. The Morgan fingerprint density at radius 3 is 2.61 bits per heavy atom. The van der Waals surface area contributed by atoms with Gasteiger partial charge in [-0.15, -0.1) is 0 Å². The third-order valence-corrected chi connectivity index (χ3v) is 4.28. The molecule has 0 saturated carbocycles. The molecule has 0 spiro atoms. The average Bonchev–Trinajstić information content (AvgIpc) is 2.30. The topological polar surface area (TPSA) is 92.4 Å². The highest BCUT2D eigenvalue weighted by atomic mass is 32.2. The number of hydrogen-bond donors (Lipinski definition) is 3. The van der Waals surface area contributed by atoms with Crippen molar-refractivity contribution in [2.75, 3.05) is 12.3 Å². The molecule has 1 atom stereocenters. The van der Waals surface area contributed by atoms with E-state index in [1.807, 2.05) is 0 Å². The van der Waals surface area contributed by atoms with Gasteiger partial charge in [-0.05, 0) is 31.0 Å². The first kappa shape index (κ1) is 14.9. The summed E-state index contributed by atoms with van der Waals surface area (Å²) in [6.45, 7) is 2.93. The van der Waals surface area contributed by atoms with Crippen LogP contribution < -0.4 is 10.5 Å². The zero-order valence-corrected chi connectivity index (χ0v) is 11.1. The minimum absolute atomic E-state index is 0.0756. The second kappa shape index (κ2) is 5.64. The highest BCUT2D eigenvalue weighted by molar-refractivity contribution is 7.89. The van der Waals surface area contributed by atoms with Gasteiger partial charge in [-0.25, -0.2) is 17.5 Å². The minimum Gasteiger partial charge on any atom is -0.396 e. The maximum Gasteiger partial charge on any atom is 0.241 e. The molecule has 1 aromatic carbocycles. The number of anilines is 1. The number of hydrogen-bond acceptors (Lipinski definition) is 4. The fraction of sp³-hybridized carbons (Fsp3) is 0.455. The third kappa shape index (κ3) is 3.18. The number of sulfonamides is 1. The molecule has 0 amide bonds. The van der Waals surface area contributed by atoms with Gasteiger partial charge in [0, 0.05) is 6.04 Å². The van der Waals surface area contributed by atoms with Gasteiger partial charge in [-0.3, -0.25) is 0 Å². The zero-order chi connectivity index (χ0) is 13.9. The maximum absolute atomic E-state index is 13.2. The molecule has 0 aliphatic heterocycles. The SMILES string of the molecule is CC[C@H](CO)NS(=O)(=O)c1cc(N)c(F)cc1C. The Labute approximate surface area is 106 Å². The number of nitrogens with one attached hydrogen (secondary N) is 1. The molecule has 0 fully saturated rings. The van der Waals surface area contributed by atoms with Crippen LogP contribution in [0.2, 0.25) is 0 Å². The van der Waals surface area contributed by atoms with Gasteiger partial charge >= 0.3 is 0 Å². The van der Waals surface area contributed by atoms with Gasteiger partial charge in [0.2, 0.25) is 10.0 Å². The molecule has 0 saturated heterocycles. The Balaban J connectivity index is 3.16. The maximum atomic E-state index is 13.2. The van der Waals surface area contributed by atoms with Crippen LogP contribution in [-0.4, -0.2) is 26.2 Å². The summed E-state index contributed by atoms with van der Waals surface area (Å²) in [5, 5.41) is 8.99. The molecule has 0 bridgehead atoms. The van der Waals surface area contributed by atoms with Gasteiger partial charge in [-0.1, -0.05) is 6.92 Å². The second-order valence-electron chi connectivity index (χ2n) is 4.05. The lowest BCUT2D eigenvalue weighted by molar-refractivity contribution is 0.254. The smallest absolute Gasteiger partial charge is 0.241 e. The summed E-state index contributed by atoms with van der Waals surface area (Å²) in [6, 6.07) is 1.58. The van der Waals surface area contributed by atoms with E-state index in [0.717, 1.165) is 12.1 Å². The molecule has 0 aliphatic carbocycles. The first-order valence-electron chi connectivity index (χ1n) is 5.50. The van der Waals surface area contributed by atoms with Gasteiger partial charge in [0.05, 0.1) is 17.2 Å². The summed E-state index contributed by atoms with van der Waals surface area (Å²) < 4.78 is 39.6. The van der Waals surface area contributed by atoms with E-state index in [1.54, 1.807) is 6.92 Å². The van der Waals surface area contributed by atoms with Crippen LogP contribution in [0.15, 0.2) is 17.0 Å². The lowest BCUT2D eigenvalue weighted by Gasteiger charge is -2.16. The van der Waals surface area contributed by atoms with Gasteiger partial charge in [0.25, 0.3) is 0 Å². The van der Waals surface area contributed by atoms with E-state index in [9.17, 15) is 12.8 Å². The Morgan fingerprint density at radius 1 is 1.50 bits per heavy atom. The van der Waals surface area contributed by atoms with Crippen molar-refractivity contribution in [2.24, 2.45) is 0 Å². The van der Waals surface area contributed by atoms with Crippen LogP contribution in [0.1, 0.15) is 18.9 Å². The standard InChI is InChI=1S/C11H17FN2O3S/c1-3-8(6-15)14-18(16,17)11-5-10(13)9(12)4-7(11)2/h4-5,8,14-15H,3,6,13H2,1-2H3/t8-/m1/s1. The normalized spacial score (nSPS) is 13.6. The molecule has 0 radical (unpaired) electrons. The Bertz CT molecular complexity index is 527. The number of nitrogens with two attached hydrogens (primary N) is 1. The van der Waals surface area contributed by atoms with Crippen LogP contribution >= 0.6 is 0 Å². The van der Waals surface area contributed by atoms with Crippen LogP contribution in [0.25, 0.3) is 0 Å². The van der Waals surface area contributed by atoms with E-state index in [1.165, 1.54) is 6.92 Å². The van der Waals surface area contributed by atoms with Gasteiger partial charge in [0.1, 0.15) is 5.82 Å². The molecule has 0 aliphatic rings. The van der Waals surface area contributed by atoms with E-state index >= 15 is 0 Å². The average molecular weight is 276 g/mol. The summed E-state index contributed by atoms with van der Waals surface area (Å²) in [5.41, 5.74) is 5.41. The number of rotatable bonds is 5. The fourth-order valence-corrected chi connectivity index (χ4v) is 3.06. The van der Waals surface area contributed by atoms with Crippen molar-refractivity contribution >= 4 is 15.7 Å². The predicted octanol–water partition coefficient (Wildman–Crippen LogP) is 0.766. The molecule has 0 aromatic heterocycles. The van der Waals surface area contributed by atoms with Crippen molar-refractivity contribution in [3.05, 3.63) is 23.5 Å².